The van der Waals surface area contributed by atoms with Gasteiger partial charge in [-0.15, -0.1) is 0 Å². The van der Waals surface area contributed by atoms with Crippen molar-refractivity contribution in [2.75, 3.05) is 12.4 Å². The topological polar surface area (TPSA) is 90.8 Å². The number of nitrogens with zero attached hydrogens (tertiary/aromatic N) is 2. The number of rotatable bonds is 4. The molecule has 0 spiro atoms. The number of nitrogens with one attached hydrogen (secondary N) is 2. The molecule has 0 radical (unpaired) electrons. The Kier molecular flexibility index (Phi) is 4.48. The zero-order valence-corrected chi connectivity index (χ0v) is 15.1. The van der Waals surface area contributed by atoms with Crippen LogP contribution in [0.1, 0.15) is 15.9 Å². The monoisotopic (exact) mass is 368 g/mol. The molecule has 0 aliphatic heterocycles. The van der Waals surface area contributed by atoms with Crippen LogP contribution < -0.4 is 10.1 Å². The third-order valence-electron chi connectivity index (χ3n) is 4.49. The molecule has 28 heavy (non-hydrogen) atoms. The molecule has 0 fully saturated rings. The van der Waals surface area contributed by atoms with E-state index in [1.165, 1.54) is 7.11 Å². The van der Waals surface area contributed by atoms with Gasteiger partial charge in [0.1, 0.15) is 5.75 Å². The molecule has 0 saturated heterocycles. The number of anilines is 1. The van der Waals surface area contributed by atoms with E-state index in [1.54, 1.807) is 30.3 Å². The van der Waals surface area contributed by atoms with E-state index in [0.717, 1.165) is 22.0 Å². The van der Waals surface area contributed by atoms with Gasteiger partial charge in [-0.3, -0.25) is 9.89 Å². The number of ether oxygens (including phenoxy) is 1. The van der Waals surface area contributed by atoms with E-state index in [4.69, 9.17) is 10.00 Å². The lowest BCUT2D eigenvalue weighted by atomic mass is 10.0. The maximum Gasteiger partial charge on any atom is 0.260 e. The second kappa shape index (κ2) is 7.25. The van der Waals surface area contributed by atoms with Gasteiger partial charge in [0.05, 0.1) is 29.8 Å². The first-order valence-electron chi connectivity index (χ1n) is 8.62. The number of benzene rings is 3. The van der Waals surface area contributed by atoms with Crippen molar-refractivity contribution in [3.63, 3.8) is 0 Å². The Labute approximate surface area is 161 Å². The van der Waals surface area contributed by atoms with Crippen molar-refractivity contribution in [2.45, 2.75) is 0 Å². The molecule has 4 rings (SSSR count). The summed E-state index contributed by atoms with van der Waals surface area (Å²) in [4.78, 5) is 12.6. The standard InChI is InChI=1S/C22H16N4O2/c1-28-20-5-3-2-4-18(20)22(27)24-21-17-11-10-16(12-19(17)25-26-21)15-8-6-14(13-23)7-9-15/h2-12H,1H3,(H2,24,25,26,27). The highest BCUT2D eigenvalue weighted by Gasteiger charge is 2.15. The van der Waals surface area contributed by atoms with Crippen molar-refractivity contribution in [3.8, 4) is 22.9 Å². The maximum absolute atomic E-state index is 12.6. The van der Waals surface area contributed by atoms with Crippen molar-refractivity contribution >= 4 is 22.6 Å². The highest BCUT2D eigenvalue weighted by molar-refractivity contribution is 6.09. The maximum atomic E-state index is 12.6. The van der Waals surface area contributed by atoms with E-state index in [9.17, 15) is 4.79 Å². The van der Waals surface area contributed by atoms with Gasteiger partial charge in [-0.1, -0.05) is 30.3 Å². The number of aromatic amines is 1. The smallest absolute Gasteiger partial charge is 0.260 e. The summed E-state index contributed by atoms with van der Waals surface area (Å²) < 4.78 is 5.25. The number of carbonyl (C=O) groups excluding carboxylic acids is 1. The number of amides is 1. The Morgan fingerprint density at radius 3 is 2.57 bits per heavy atom. The molecule has 1 amide bonds. The normalized spacial score (nSPS) is 10.4. The summed E-state index contributed by atoms with van der Waals surface area (Å²) >= 11 is 0. The Morgan fingerprint density at radius 2 is 1.82 bits per heavy atom. The molecule has 3 aromatic carbocycles. The number of hydrogen-bond acceptors (Lipinski definition) is 4. The molecule has 1 heterocycles. The van der Waals surface area contributed by atoms with Crippen LogP contribution in [0.15, 0.2) is 66.7 Å². The Balaban J connectivity index is 1.63. The SMILES string of the molecule is COc1ccccc1C(=O)Nc1n[nH]c2cc(-c3ccc(C#N)cc3)ccc12. The lowest BCUT2D eigenvalue weighted by Gasteiger charge is -2.08. The van der Waals surface area contributed by atoms with Gasteiger partial charge in [-0.25, -0.2) is 0 Å². The quantitative estimate of drug-likeness (QED) is 0.560. The number of H-pyrrole nitrogens is 1. The highest BCUT2D eigenvalue weighted by Crippen LogP contribution is 2.28. The molecule has 0 saturated carbocycles. The molecule has 136 valence electrons. The van der Waals surface area contributed by atoms with Crippen LogP contribution in [-0.4, -0.2) is 23.2 Å². The first-order valence-corrected chi connectivity index (χ1v) is 8.62. The van der Waals surface area contributed by atoms with E-state index in [-0.39, 0.29) is 5.91 Å². The third kappa shape index (κ3) is 3.17. The summed E-state index contributed by atoms with van der Waals surface area (Å²) in [6, 6.07) is 22.3. The number of aromatic nitrogens is 2. The lowest BCUT2D eigenvalue weighted by molar-refractivity contribution is 0.102. The zero-order chi connectivity index (χ0) is 19.5. The summed E-state index contributed by atoms with van der Waals surface area (Å²) in [6.07, 6.45) is 0. The number of nitriles is 1. The van der Waals surface area contributed by atoms with Gasteiger partial charge in [-0.2, -0.15) is 10.4 Å². The Morgan fingerprint density at radius 1 is 1.07 bits per heavy atom. The van der Waals surface area contributed by atoms with Gasteiger partial charge in [-0.05, 0) is 47.5 Å². The van der Waals surface area contributed by atoms with E-state index < -0.39 is 0 Å². The number of methoxy groups -OCH3 is 1. The molecule has 1 aromatic heterocycles. The van der Waals surface area contributed by atoms with Crippen molar-refractivity contribution in [2.24, 2.45) is 0 Å². The van der Waals surface area contributed by atoms with Gasteiger partial charge in [0.15, 0.2) is 5.82 Å². The zero-order valence-electron chi connectivity index (χ0n) is 15.1. The Hall–Kier alpha value is -4.11. The second-order valence-electron chi connectivity index (χ2n) is 6.18. The van der Waals surface area contributed by atoms with Crippen LogP contribution in [0.25, 0.3) is 22.0 Å². The van der Waals surface area contributed by atoms with Crippen LogP contribution in [0, 0.1) is 11.3 Å². The average Bonchev–Trinajstić information content (AvgIpc) is 3.15. The molecule has 0 unspecified atom stereocenters. The molecule has 6 nitrogen and oxygen atoms in total. The van der Waals surface area contributed by atoms with Crippen LogP contribution in [-0.2, 0) is 0 Å². The van der Waals surface area contributed by atoms with Crippen LogP contribution in [0.4, 0.5) is 5.82 Å². The van der Waals surface area contributed by atoms with Crippen LogP contribution >= 0.6 is 0 Å². The molecule has 4 aromatic rings. The minimum absolute atomic E-state index is 0.290. The fourth-order valence-electron chi connectivity index (χ4n) is 3.04. The number of hydrogen-bond donors (Lipinski definition) is 2. The predicted octanol–water partition coefficient (Wildman–Crippen LogP) is 4.36. The van der Waals surface area contributed by atoms with Crippen molar-refractivity contribution in [3.05, 3.63) is 77.9 Å². The van der Waals surface area contributed by atoms with Gasteiger partial charge in [0.25, 0.3) is 5.91 Å². The fourth-order valence-corrected chi connectivity index (χ4v) is 3.04. The molecule has 2 N–H and O–H groups in total. The van der Waals surface area contributed by atoms with Crippen LogP contribution in [0.5, 0.6) is 5.75 Å². The van der Waals surface area contributed by atoms with Gasteiger partial charge in [0, 0.05) is 5.39 Å². The molecular formula is C22H16N4O2. The largest absolute Gasteiger partial charge is 0.496 e. The van der Waals surface area contributed by atoms with E-state index in [0.29, 0.717) is 22.7 Å². The van der Waals surface area contributed by atoms with E-state index >= 15 is 0 Å². The number of fused-ring (bicyclic) bond motifs is 1. The third-order valence-corrected chi connectivity index (χ3v) is 4.49. The van der Waals surface area contributed by atoms with Gasteiger partial charge < -0.3 is 10.1 Å². The van der Waals surface area contributed by atoms with Crippen molar-refractivity contribution in [1.82, 2.24) is 10.2 Å². The Bertz CT molecular complexity index is 1200. The minimum atomic E-state index is -0.290. The first kappa shape index (κ1) is 17.3. The number of carbonyl (C=O) groups is 1. The fraction of sp³-hybridized carbons (Fsp3) is 0.0455. The van der Waals surface area contributed by atoms with Gasteiger partial charge >= 0.3 is 0 Å². The molecule has 6 heteroatoms. The van der Waals surface area contributed by atoms with Crippen molar-refractivity contribution < 1.29 is 9.53 Å². The molecule has 0 bridgehead atoms. The highest BCUT2D eigenvalue weighted by atomic mass is 16.5. The average molecular weight is 368 g/mol. The molecule has 0 atom stereocenters. The lowest BCUT2D eigenvalue weighted by Crippen LogP contribution is -2.13. The first-order chi connectivity index (χ1) is 13.7. The van der Waals surface area contributed by atoms with Crippen LogP contribution in [0.2, 0.25) is 0 Å². The molecular weight excluding hydrogens is 352 g/mol. The summed E-state index contributed by atoms with van der Waals surface area (Å²) in [5, 5.41) is 19.8. The summed E-state index contributed by atoms with van der Waals surface area (Å²) in [5.74, 6) is 0.669. The van der Waals surface area contributed by atoms with Crippen LogP contribution in [0.3, 0.4) is 0 Å². The number of para-hydroxylation sites is 1. The summed E-state index contributed by atoms with van der Waals surface area (Å²) in [5.41, 5.74) is 3.85. The predicted molar refractivity (Wildman–Crippen MR) is 107 cm³/mol. The molecule has 0 aliphatic carbocycles. The minimum Gasteiger partial charge on any atom is -0.496 e. The van der Waals surface area contributed by atoms with Gasteiger partial charge in [0.2, 0.25) is 0 Å². The van der Waals surface area contributed by atoms with E-state index in [1.807, 2.05) is 36.4 Å². The van der Waals surface area contributed by atoms with E-state index in [2.05, 4.69) is 21.6 Å². The second-order valence-corrected chi connectivity index (χ2v) is 6.18. The molecule has 0 aliphatic rings. The summed E-state index contributed by atoms with van der Waals surface area (Å²) in [7, 11) is 1.53. The van der Waals surface area contributed by atoms with Crippen molar-refractivity contribution in [1.29, 1.82) is 5.26 Å². The summed E-state index contributed by atoms with van der Waals surface area (Å²) in [6.45, 7) is 0.